The first-order chi connectivity index (χ1) is 16.3. The van der Waals surface area contributed by atoms with Gasteiger partial charge in [0.2, 0.25) is 0 Å². The second-order valence-electron chi connectivity index (χ2n) is 7.85. The minimum atomic E-state index is -1.14. The normalized spacial score (nSPS) is 12.5. The van der Waals surface area contributed by atoms with Crippen LogP contribution in [0.4, 0.5) is 11.4 Å². The molecule has 0 heterocycles. The molecule has 0 aliphatic heterocycles. The molecule has 0 aromatic heterocycles. The Kier molecular flexibility index (Phi) is 8.37. The lowest BCUT2D eigenvalue weighted by Crippen LogP contribution is -2.48. The summed E-state index contributed by atoms with van der Waals surface area (Å²) in [7, 11) is 0. The molecule has 5 N–H and O–H groups in total. The molecule has 3 aromatic carbocycles. The number of aryl methyl sites for hydroxylation is 1. The maximum Gasteiger partial charge on any atom is 0.337 e. The fraction of sp³-hybridized carbons (Fsp3) is 0.192. The van der Waals surface area contributed by atoms with Gasteiger partial charge in [-0.3, -0.25) is 14.9 Å². The van der Waals surface area contributed by atoms with Gasteiger partial charge in [-0.1, -0.05) is 54.6 Å². The molecule has 2 atom stereocenters. The summed E-state index contributed by atoms with van der Waals surface area (Å²) >= 11 is 0. The van der Waals surface area contributed by atoms with Crippen molar-refractivity contribution < 1.29 is 29.7 Å². The molecule has 0 fully saturated rings. The van der Waals surface area contributed by atoms with Gasteiger partial charge < -0.3 is 20.6 Å². The van der Waals surface area contributed by atoms with Gasteiger partial charge in [0.1, 0.15) is 12.1 Å². The zero-order valence-electron chi connectivity index (χ0n) is 18.3. The van der Waals surface area contributed by atoms with Crippen LogP contribution in [0.15, 0.2) is 78.9 Å². The molecule has 0 bridgehead atoms. The van der Waals surface area contributed by atoms with Crippen molar-refractivity contribution in [3.63, 3.8) is 0 Å². The number of rotatable bonds is 12. The summed E-state index contributed by atoms with van der Waals surface area (Å²) in [5.41, 5.74) is 2.90. The minimum absolute atomic E-state index is 0.0937. The largest absolute Gasteiger partial charge is 0.480 e. The summed E-state index contributed by atoms with van der Waals surface area (Å²) in [6, 6.07) is 20.7. The van der Waals surface area contributed by atoms with Gasteiger partial charge in [0, 0.05) is 5.69 Å². The molecule has 0 aliphatic rings. The van der Waals surface area contributed by atoms with Crippen LogP contribution in [0.25, 0.3) is 0 Å². The van der Waals surface area contributed by atoms with Crippen molar-refractivity contribution in [2.45, 2.75) is 31.3 Å². The van der Waals surface area contributed by atoms with Gasteiger partial charge in [0.15, 0.2) is 0 Å². The van der Waals surface area contributed by atoms with Crippen LogP contribution >= 0.6 is 0 Å². The van der Waals surface area contributed by atoms with Gasteiger partial charge >= 0.3 is 17.9 Å². The van der Waals surface area contributed by atoms with Crippen molar-refractivity contribution >= 4 is 29.3 Å². The number of carbonyl (C=O) groups is 3. The third kappa shape index (κ3) is 6.91. The fourth-order valence-corrected chi connectivity index (χ4v) is 3.59. The van der Waals surface area contributed by atoms with Crippen LogP contribution in [-0.4, -0.2) is 45.3 Å². The average Bonchev–Trinajstić information content (AvgIpc) is 2.82. The maximum atomic E-state index is 11.8. The predicted molar refractivity (Wildman–Crippen MR) is 128 cm³/mol. The number of nitrogens with one attached hydrogen (secondary N) is 2. The molecule has 0 aliphatic carbocycles. The number of hydrogen-bond acceptors (Lipinski definition) is 5. The fourth-order valence-electron chi connectivity index (χ4n) is 3.59. The van der Waals surface area contributed by atoms with Gasteiger partial charge in [-0.15, -0.1) is 0 Å². The first-order valence-corrected chi connectivity index (χ1v) is 10.8. The van der Waals surface area contributed by atoms with Crippen molar-refractivity contribution in [3.05, 3.63) is 95.6 Å². The Hall–Kier alpha value is -4.17. The van der Waals surface area contributed by atoms with Gasteiger partial charge in [-0.25, -0.2) is 4.79 Å². The lowest BCUT2D eigenvalue weighted by atomic mass is 10.0. The van der Waals surface area contributed by atoms with E-state index in [1.807, 2.05) is 30.3 Å². The Morgan fingerprint density at radius 3 is 1.94 bits per heavy atom. The van der Waals surface area contributed by atoms with Gasteiger partial charge in [0.05, 0.1) is 11.3 Å². The Bertz CT molecular complexity index is 1130. The van der Waals surface area contributed by atoms with E-state index in [9.17, 15) is 29.7 Å². The van der Waals surface area contributed by atoms with E-state index in [1.165, 1.54) is 6.07 Å². The van der Waals surface area contributed by atoms with E-state index < -0.39 is 30.0 Å². The molecular formula is C26H26N2O6. The molecule has 0 saturated heterocycles. The highest BCUT2D eigenvalue weighted by Crippen LogP contribution is 2.21. The second kappa shape index (κ2) is 11.6. The van der Waals surface area contributed by atoms with E-state index in [0.717, 1.165) is 5.56 Å². The quantitative estimate of drug-likeness (QED) is 0.274. The molecule has 0 radical (unpaired) electrons. The van der Waals surface area contributed by atoms with Crippen molar-refractivity contribution in [1.29, 1.82) is 0 Å². The highest BCUT2D eigenvalue weighted by molar-refractivity contribution is 5.95. The minimum Gasteiger partial charge on any atom is -0.480 e. The highest BCUT2D eigenvalue weighted by Gasteiger charge is 2.26. The number of para-hydroxylation sites is 1. The Balaban J connectivity index is 1.65. The predicted octanol–water partition coefficient (Wildman–Crippen LogP) is 3.80. The van der Waals surface area contributed by atoms with Crippen LogP contribution in [0.3, 0.4) is 0 Å². The van der Waals surface area contributed by atoms with Crippen molar-refractivity contribution in [1.82, 2.24) is 5.32 Å². The lowest BCUT2D eigenvalue weighted by Gasteiger charge is -2.21. The monoisotopic (exact) mass is 462 g/mol. The summed E-state index contributed by atoms with van der Waals surface area (Å²) in [5, 5.41) is 34.4. The summed E-state index contributed by atoms with van der Waals surface area (Å²) < 4.78 is 0. The molecule has 0 amide bonds. The Morgan fingerprint density at radius 1 is 0.706 bits per heavy atom. The van der Waals surface area contributed by atoms with Gasteiger partial charge in [-0.2, -0.15) is 0 Å². The summed E-state index contributed by atoms with van der Waals surface area (Å²) in [5.74, 6) is -3.28. The molecule has 8 nitrogen and oxygen atoms in total. The van der Waals surface area contributed by atoms with E-state index in [2.05, 4.69) is 10.6 Å². The molecule has 1 unspecified atom stereocenters. The first-order valence-electron chi connectivity index (χ1n) is 10.8. The smallest absolute Gasteiger partial charge is 0.337 e. The summed E-state index contributed by atoms with van der Waals surface area (Å²) in [6.45, 7) is 0. The van der Waals surface area contributed by atoms with Crippen LogP contribution in [-0.2, 0) is 22.4 Å². The molecule has 34 heavy (non-hydrogen) atoms. The van der Waals surface area contributed by atoms with E-state index in [4.69, 9.17) is 0 Å². The van der Waals surface area contributed by atoms with Crippen LogP contribution < -0.4 is 10.6 Å². The lowest BCUT2D eigenvalue weighted by molar-refractivity contribution is -0.142. The molecule has 8 heteroatoms. The number of aromatic carboxylic acids is 1. The van der Waals surface area contributed by atoms with E-state index in [1.54, 1.807) is 42.5 Å². The Labute approximate surface area is 196 Å². The number of aliphatic carboxylic acids is 2. The Morgan fingerprint density at radius 2 is 1.32 bits per heavy atom. The van der Waals surface area contributed by atoms with E-state index in [-0.39, 0.29) is 18.4 Å². The molecule has 176 valence electrons. The summed E-state index contributed by atoms with van der Waals surface area (Å²) in [6.07, 6.45) is 0.862. The molecular weight excluding hydrogens is 436 g/mol. The van der Waals surface area contributed by atoms with Crippen LogP contribution in [0.1, 0.15) is 27.9 Å². The van der Waals surface area contributed by atoms with E-state index >= 15 is 0 Å². The van der Waals surface area contributed by atoms with E-state index in [0.29, 0.717) is 23.4 Å². The number of benzene rings is 3. The zero-order valence-corrected chi connectivity index (χ0v) is 18.3. The number of carboxylic acids is 3. The third-order valence-electron chi connectivity index (χ3n) is 5.39. The van der Waals surface area contributed by atoms with Gasteiger partial charge in [0.25, 0.3) is 0 Å². The number of carboxylic acid groups (broad SMARTS) is 3. The third-order valence-corrected chi connectivity index (χ3v) is 5.39. The standard InChI is InChI=1S/C26H26N2O6/c29-24(30)20-8-4-5-9-21(20)27-19-13-10-18(11-14-19)16-23(26(33)34)28-22(25(31)32)15-12-17-6-2-1-3-7-17/h1-11,13-14,22-23,27-28H,12,15-16H2,(H,29,30)(H,31,32)(H,33,34)/t22?,23-/m0/s1. The van der Waals surface area contributed by atoms with Crippen molar-refractivity contribution in [2.24, 2.45) is 0 Å². The topological polar surface area (TPSA) is 136 Å². The molecule has 3 rings (SSSR count). The first kappa shape index (κ1) is 24.5. The summed E-state index contributed by atoms with van der Waals surface area (Å²) in [4.78, 5) is 34.9. The number of anilines is 2. The average molecular weight is 463 g/mol. The number of hydrogen-bond donors (Lipinski definition) is 5. The molecule has 3 aromatic rings. The molecule has 0 spiro atoms. The second-order valence-corrected chi connectivity index (χ2v) is 7.85. The van der Waals surface area contributed by atoms with Crippen LogP contribution in [0.5, 0.6) is 0 Å². The van der Waals surface area contributed by atoms with Gasteiger partial charge in [-0.05, 0) is 54.7 Å². The maximum absolute atomic E-state index is 11.8. The zero-order chi connectivity index (χ0) is 24.5. The van der Waals surface area contributed by atoms with Crippen LogP contribution in [0.2, 0.25) is 0 Å². The van der Waals surface area contributed by atoms with Crippen molar-refractivity contribution in [3.8, 4) is 0 Å². The SMILES string of the molecule is O=C(O)c1ccccc1Nc1ccc(C[C@H](NC(CCc2ccccc2)C(=O)O)C(=O)O)cc1. The highest BCUT2D eigenvalue weighted by atomic mass is 16.4. The van der Waals surface area contributed by atoms with Crippen LogP contribution in [0, 0.1) is 0 Å². The van der Waals surface area contributed by atoms with Crippen molar-refractivity contribution in [2.75, 3.05) is 5.32 Å². The molecule has 0 saturated carbocycles.